The number of nitrogens with one attached hydrogen (secondary N) is 1. The number of halogens is 1. The van der Waals surface area contributed by atoms with Gasteiger partial charge in [0.2, 0.25) is 0 Å². The molecular weight excluding hydrogens is 468 g/mol. The number of rotatable bonds is 9. The largest absolute Gasteiger partial charge is 0.490 e. The molecule has 0 saturated carbocycles. The van der Waals surface area contributed by atoms with Crippen molar-refractivity contribution in [3.05, 3.63) is 63.5 Å². The van der Waals surface area contributed by atoms with Gasteiger partial charge in [-0.1, -0.05) is 48.8 Å². The molecule has 1 saturated heterocycles. The van der Waals surface area contributed by atoms with Gasteiger partial charge in [-0.3, -0.25) is 15.0 Å². The SMILES string of the molecule is CCCCOc1ccc(/C=C2\SC(=S)N(NC(=O)c3cccc(Cl)c3)C2=O)cc1OCC. The van der Waals surface area contributed by atoms with Gasteiger partial charge in [-0.05, 0) is 67.5 Å². The van der Waals surface area contributed by atoms with E-state index in [9.17, 15) is 9.59 Å². The smallest absolute Gasteiger partial charge is 0.285 e. The Labute approximate surface area is 201 Å². The molecule has 0 spiro atoms. The van der Waals surface area contributed by atoms with Crippen molar-refractivity contribution in [1.29, 1.82) is 0 Å². The van der Waals surface area contributed by atoms with Crippen LogP contribution in [-0.2, 0) is 4.79 Å². The topological polar surface area (TPSA) is 67.9 Å². The summed E-state index contributed by atoms with van der Waals surface area (Å²) in [5.41, 5.74) is 3.64. The van der Waals surface area contributed by atoms with E-state index < -0.39 is 11.8 Å². The highest BCUT2D eigenvalue weighted by Crippen LogP contribution is 2.34. The predicted molar refractivity (Wildman–Crippen MR) is 132 cm³/mol. The molecule has 3 rings (SSSR count). The lowest BCUT2D eigenvalue weighted by Gasteiger charge is -2.15. The molecule has 0 unspecified atom stereocenters. The molecule has 0 bridgehead atoms. The third-order valence-corrected chi connectivity index (χ3v) is 5.95. The minimum atomic E-state index is -0.475. The highest BCUT2D eigenvalue weighted by Gasteiger charge is 2.33. The third-order valence-electron chi connectivity index (χ3n) is 4.41. The number of nitrogens with zero attached hydrogens (tertiary/aromatic N) is 1. The van der Waals surface area contributed by atoms with Crippen molar-refractivity contribution in [3.8, 4) is 11.5 Å². The van der Waals surface area contributed by atoms with E-state index in [0.717, 1.165) is 35.2 Å². The number of carbonyl (C=O) groups is 2. The Hall–Kier alpha value is -2.55. The number of carbonyl (C=O) groups excluding carboxylic acids is 2. The lowest BCUT2D eigenvalue weighted by atomic mass is 10.2. The number of unbranched alkanes of at least 4 members (excludes halogenated alkanes) is 1. The fourth-order valence-corrected chi connectivity index (χ4v) is 4.21. The minimum Gasteiger partial charge on any atom is -0.490 e. The lowest BCUT2D eigenvalue weighted by Crippen LogP contribution is -2.44. The Balaban J connectivity index is 1.76. The molecule has 2 aromatic rings. The van der Waals surface area contributed by atoms with E-state index >= 15 is 0 Å². The highest BCUT2D eigenvalue weighted by atomic mass is 35.5. The number of thioether (sulfide) groups is 1. The minimum absolute atomic E-state index is 0.237. The van der Waals surface area contributed by atoms with Crippen LogP contribution in [0.1, 0.15) is 42.6 Å². The van der Waals surface area contributed by atoms with Gasteiger partial charge in [-0.25, -0.2) is 0 Å². The van der Waals surface area contributed by atoms with E-state index in [1.807, 2.05) is 25.1 Å². The third kappa shape index (κ3) is 6.03. The summed E-state index contributed by atoms with van der Waals surface area (Å²) in [4.78, 5) is 25.7. The number of ether oxygens (including phenoxy) is 2. The number of hydrogen-bond acceptors (Lipinski definition) is 6. The number of hydrazine groups is 1. The summed E-state index contributed by atoms with van der Waals surface area (Å²) >= 11 is 12.3. The van der Waals surface area contributed by atoms with E-state index in [2.05, 4.69) is 12.3 Å². The van der Waals surface area contributed by atoms with E-state index in [0.29, 0.717) is 40.2 Å². The maximum Gasteiger partial charge on any atom is 0.285 e. The number of benzene rings is 2. The van der Waals surface area contributed by atoms with Crippen molar-refractivity contribution in [2.24, 2.45) is 0 Å². The van der Waals surface area contributed by atoms with Crippen LogP contribution in [0.2, 0.25) is 5.02 Å². The van der Waals surface area contributed by atoms with Gasteiger partial charge in [0.25, 0.3) is 11.8 Å². The lowest BCUT2D eigenvalue weighted by molar-refractivity contribution is -0.123. The maximum absolute atomic E-state index is 12.9. The Morgan fingerprint density at radius 1 is 1.19 bits per heavy atom. The fraction of sp³-hybridized carbons (Fsp3) is 0.261. The van der Waals surface area contributed by atoms with Crippen LogP contribution in [0.3, 0.4) is 0 Å². The van der Waals surface area contributed by atoms with Gasteiger partial charge < -0.3 is 9.47 Å². The zero-order chi connectivity index (χ0) is 23.1. The first-order valence-electron chi connectivity index (χ1n) is 10.2. The molecule has 0 aliphatic carbocycles. The van der Waals surface area contributed by atoms with Crippen LogP contribution in [-0.4, -0.2) is 34.4 Å². The van der Waals surface area contributed by atoms with Gasteiger partial charge in [0.15, 0.2) is 15.8 Å². The molecular formula is C23H23ClN2O4S2. The highest BCUT2D eigenvalue weighted by molar-refractivity contribution is 8.26. The quantitative estimate of drug-likeness (QED) is 0.286. The monoisotopic (exact) mass is 490 g/mol. The number of hydrogen-bond donors (Lipinski definition) is 1. The molecule has 0 aromatic heterocycles. The van der Waals surface area contributed by atoms with Gasteiger partial charge >= 0.3 is 0 Å². The molecule has 1 fully saturated rings. The van der Waals surface area contributed by atoms with Crippen LogP contribution in [0.15, 0.2) is 47.4 Å². The summed E-state index contributed by atoms with van der Waals surface area (Å²) in [6.45, 7) is 5.10. The van der Waals surface area contributed by atoms with Gasteiger partial charge in [0.05, 0.1) is 18.1 Å². The van der Waals surface area contributed by atoms with Crippen molar-refractivity contribution in [3.63, 3.8) is 0 Å². The van der Waals surface area contributed by atoms with Crippen molar-refractivity contribution >= 4 is 57.8 Å². The average Bonchev–Trinajstić information content (AvgIpc) is 3.03. The molecule has 2 amide bonds. The zero-order valence-electron chi connectivity index (χ0n) is 17.7. The molecule has 2 aromatic carbocycles. The van der Waals surface area contributed by atoms with E-state index in [-0.39, 0.29) is 4.32 Å². The predicted octanol–water partition coefficient (Wildman–Crippen LogP) is 5.46. The molecule has 0 atom stereocenters. The standard InChI is InChI=1S/C23H23ClN2O4S2/c1-3-5-11-30-18-10-9-15(12-19(18)29-4-2)13-20-22(28)26(23(31)32-20)25-21(27)16-7-6-8-17(24)14-16/h6-10,12-14H,3-5,11H2,1-2H3,(H,25,27)/b20-13-. The Kier molecular flexibility index (Phi) is 8.55. The van der Waals surface area contributed by atoms with Crippen LogP contribution in [0, 0.1) is 0 Å². The Morgan fingerprint density at radius 2 is 2.00 bits per heavy atom. The molecule has 1 aliphatic rings. The Bertz CT molecular complexity index is 1060. The van der Waals surface area contributed by atoms with Gasteiger partial charge in [0.1, 0.15) is 0 Å². The van der Waals surface area contributed by atoms with Crippen LogP contribution >= 0.6 is 35.6 Å². The maximum atomic E-state index is 12.9. The summed E-state index contributed by atoms with van der Waals surface area (Å²) in [7, 11) is 0. The molecule has 1 N–H and O–H groups in total. The Morgan fingerprint density at radius 3 is 2.72 bits per heavy atom. The van der Waals surface area contributed by atoms with Crippen molar-refractivity contribution in [2.45, 2.75) is 26.7 Å². The van der Waals surface area contributed by atoms with Crippen LogP contribution < -0.4 is 14.9 Å². The van der Waals surface area contributed by atoms with Crippen LogP contribution in [0.4, 0.5) is 0 Å². The van der Waals surface area contributed by atoms with Crippen molar-refractivity contribution in [1.82, 2.24) is 10.4 Å². The molecule has 9 heteroatoms. The van der Waals surface area contributed by atoms with Crippen LogP contribution in [0.25, 0.3) is 6.08 Å². The summed E-state index contributed by atoms with van der Waals surface area (Å²) < 4.78 is 11.7. The molecule has 168 valence electrons. The summed E-state index contributed by atoms with van der Waals surface area (Å²) in [6.07, 6.45) is 3.71. The van der Waals surface area contributed by atoms with E-state index in [1.54, 1.807) is 24.3 Å². The molecule has 0 radical (unpaired) electrons. The second-order valence-electron chi connectivity index (χ2n) is 6.81. The number of thiocarbonyl (C=S) groups is 1. The molecule has 1 heterocycles. The summed E-state index contributed by atoms with van der Waals surface area (Å²) in [6, 6.07) is 11.9. The van der Waals surface area contributed by atoms with Crippen molar-refractivity contribution < 1.29 is 19.1 Å². The van der Waals surface area contributed by atoms with Gasteiger partial charge in [-0.2, -0.15) is 5.01 Å². The summed E-state index contributed by atoms with van der Waals surface area (Å²) in [5, 5.41) is 1.50. The van der Waals surface area contributed by atoms with Crippen molar-refractivity contribution in [2.75, 3.05) is 13.2 Å². The summed E-state index contributed by atoms with van der Waals surface area (Å²) in [5.74, 6) is 0.398. The van der Waals surface area contributed by atoms with Gasteiger partial charge in [-0.15, -0.1) is 0 Å². The molecule has 6 nitrogen and oxygen atoms in total. The normalized spacial score (nSPS) is 14.7. The second-order valence-corrected chi connectivity index (χ2v) is 8.92. The van der Waals surface area contributed by atoms with E-state index in [1.165, 1.54) is 6.07 Å². The first-order chi connectivity index (χ1) is 15.4. The fourth-order valence-electron chi connectivity index (χ4n) is 2.84. The second kappa shape index (κ2) is 11.4. The first kappa shape index (κ1) is 24.1. The first-order valence-corrected chi connectivity index (χ1v) is 11.8. The molecule has 1 aliphatic heterocycles. The van der Waals surface area contributed by atoms with Crippen LogP contribution in [0.5, 0.6) is 11.5 Å². The van der Waals surface area contributed by atoms with E-state index in [4.69, 9.17) is 33.3 Å². The molecule has 32 heavy (non-hydrogen) atoms. The number of amides is 2. The zero-order valence-corrected chi connectivity index (χ0v) is 20.1. The van der Waals surface area contributed by atoms with Gasteiger partial charge in [0, 0.05) is 10.6 Å². The average molecular weight is 491 g/mol.